The number of nitrogens with one attached hydrogen (secondary N) is 1. The Bertz CT molecular complexity index is 1310. The van der Waals surface area contributed by atoms with E-state index in [-0.39, 0.29) is 41.9 Å². The smallest absolute Gasteiger partial charge is 0.408 e. The van der Waals surface area contributed by atoms with Crippen molar-refractivity contribution in [3.05, 3.63) is 36.7 Å². The van der Waals surface area contributed by atoms with Crippen LogP contribution in [-0.2, 0) is 9.53 Å². The van der Waals surface area contributed by atoms with Crippen LogP contribution < -0.4 is 20.5 Å². The number of carbonyl (C=O) groups is 3. The van der Waals surface area contributed by atoms with Crippen molar-refractivity contribution in [2.24, 2.45) is 11.7 Å². The van der Waals surface area contributed by atoms with Gasteiger partial charge in [0.2, 0.25) is 11.8 Å². The predicted octanol–water partition coefficient (Wildman–Crippen LogP) is 3.72. The summed E-state index contributed by atoms with van der Waals surface area (Å²) >= 11 is 0. The number of hydrogen-bond donors (Lipinski definition) is 2. The normalized spacial score (nSPS) is 18.5. The van der Waals surface area contributed by atoms with E-state index in [1.54, 1.807) is 27.7 Å². The molecular weight excluding hydrogens is 556 g/mol. The van der Waals surface area contributed by atoms with Gasteiger partial charge in [0.25, 0.3) is 5.91 Å². The van der Waals surface area contributed by atoms with Gasteiger partial charge in [-0.3, -0.25) is 14.5 Å². The number of piperazine rings is 1. The zero-order valence-corrected chi connectivity index (χ0v) is 24.0. The fourth-order valence-corrected chi connectivity index (χ4v) is 4.32. The average molecular weight is 593 g/mol. The van der Waals surface area contributed by atoms with E-state index >= 15 is 0 Å². The lowest BCUT2D eigenvalue weighted by molar-refractivity contribution is -0.123. The largest absolute Gasteiger partial charge is 0.489 e. The number of rotatable bonds is 10. The Labute approximate surface area is 242 Å². The number of aromatic nitrogens is 1. The molecule has 1 aliphatic carbocycles. The summed E-state index contributed by atoms with van der Waals surface area (Å²) in [6.45, 7) is 4.50. The van der Waals surface area contributed by atoms with Crippen LogP contribution in [0.5, 0.6) is 11.5 Å². The maximum atomic E-state index is 13.7. The molecule has 2 aromatic rings. The highest BCUT2D eigenvalue weighted by atomic mass is 19.3. The van der Waals surface area contributed by atoms with E-state index in [0.717, 1.165) is 12.8 Å². The molecule has 0 spiro atoms. The third kappa shape index (κ3) is 7.87. The van der Waals surface area contributed by atoms with Crippen molar-refractivity contribution in [3.8, 4) is 23.0 Å². The number of alkyl halides is 2. The SMILES string of the molecule is [CH2]N1CCN(C(=O)c2nc(-c3ccc(OC(F)F)c(OCC4CC4)c3)oc2[C@H](C)NC(=O)OC(C)(C)C)CC1C(N)=O. The molecule has 2 heterocycles. The van der Waals surface area contributed by atoms with Crippen LogP contribution >= 0.6 is 0 Å². The minimum atomic E-state index is -3.06. The highest BCUT2D eigenvalue weighted by Crippen LogP contribution is 2.37. The molecule has 42 heavy (non-hydrogen) atoms. The van der Waals surface area contributed by atoms with Gasteiger partial charge in [-0.1, -0.05) is 0 Å². The van der Waals surface area contributed by atoms with Crippen LogP contribution in [0.4, 0.5) is 13.6 Å². The molecule has 1 saturated carbocycles. The molecule has 12 nitrogen and oxygen atoms in total. The Morgan fingerprint density at radius 1 is 1.21 bits per heavy atom. The average Bonchev–Trinajstić information content (AvgIpc) is 3.61. The first-order valence-corrected chi connectivity index (χ1v) is 13.6. The van der Waals surface area contributed by atoms with Crippen LogP contribution in [0.25, 0.3) is 11.5 Å². The lowest BCUT2D eigenvalue weighted by Gasteiger charge is -2.37. The van der Waals surface area contributed by atoms with Gasteiger partial charge >= 0.3 is 12.7 Å². The first-order chi connectivity index (χ1) is 19.7. The molecule has 3 amide bonds. The topological polar surface area (TPSA) is 149 Å². The summed E-state index contributed by atoms with van der Waals surface area (Å²) in [7, 11) is 3.81. The van der Waals surface area contributed by atoms with E-state index in [1.807, 2.05) is 0 Å². The predicted molar refractivity (Wildman–Crippen MR) is 146 cm³/mol. The molecule has 14 heteroatoms. The number of amides is 3. The molecule has 2 atom stereocenters. The van der Waals surface area contributed by atoms with Crippen LogP contribution in [0.2, 0.25) is 0 Å². The van der Waals surface area contributed by atoms with Gasteiger partial charge in [0.05, 0.1) is 12.6 Å². The molecule has 4 rings (SSSR count). The zero-order valence-electron chi connectivity index (χ0n) is 24.0. The molecule has 1 saturated heterocycles. The number of nitrogens with zero attached hydrogens (tertiary/aromatic N) is 3. The monoisotopic (exact) mass is 592 g/mol. The van der Waals surface area contributed by atoms with Gasteiger partial charge in [0, 0.05) is 32.2 Å². The van der Waals surface area contributed by atoms with Gasteiger partial charge in [-0.25, -0.2) is 9.78 Å². The summed E-state index contributed by atoms with van der Waals surface area (Å²) in [5.41, 5.74) is 4.95. The third-order valence-electron chi connectivity index (χ3n) is 6.67. The highest BCUT2D eigenvalue weighted by Gasteiger charge is 2.35. The quantitative estimate of drug-likeness (QED) is 0.421. The van der Waals surface area contributed by atoms with Gasteiger partial charge in [0.15, 0.2) is 23.0 Å². The van der Waals surface area contributed by atoms with Crippen molar-refractivity contribution >= 4 is 17.9 Å². The van der Waals surface area contributed by atoms with E-state index in [0.29, 0.717) is 24.6 Å². The van der Waals surface area contributed by atoms with Crippen molar-refractivity contribution in [2.75, 3.05) is 26.2 Å². The lowest BCUT2D eigenvalue weighted by Crippen LogP contribution is -2.57. The van der Waals surface area contributed by atoms with E-state index in [4.69, 9.17) is 19.6 Å². The van der Waals surface area contributed by atoms with Crippen LogP contribution in [0.1, 0.15) is 62.8 Å². The van der Waals surface area contributed by atoms with Crippen LogP contribution in [0, 0.1) is 13.0 Å². The van der Waals surface area contributed by atoms with Gasteiger partial charge in [-0.15, -0.1) is 0 Å². The highest BCUT2D eigenvalue weighted by molar-refractivity contribution is 5.95. The molecule has 229 valence electrons. The van der Waals surface area contributed by atoms with Gasteiger partial charge in [-0.2, -0.15) is 8.78 Å². The van der Waals surface area contributed by atoms with Gasteiger partial charge in [-0.05, 0) is 64.7 Å². The molecule has 3 N–H and O–H groups in total. The first-order valence-electron chi connectivity index (χ1n) is 13.6. The Balaban J connectivity index is 1.68. The number of nitrogens with two attached hydrogens (primary N) is 1. The molecule has 0 bridgehead atoms. The number of ether oxygens (including phenoxy) is 3. The Hall–Kier alpha value is -3.94. The van der Waals surface area contributed by atoms with Crippen molar-refractivity contribution in [1.82, 2.24) is 20.1 Å². The molecule has 1 unspecified atom stereocenters. The zero-order chi connectivity index (χ0) is 30.8. The summed E-state index contributed by atoms with van der Waals surface area (Å²) in [6, 6.07) is 2.53. The summed E-state index contributed by atoms with van der Waals surface area (Å²) in [6.07, 6.45) is 1.23. The number of alkyl carbamates (subject to hydrolysis) is 1. The fourth-order valence-electron chi connectivity index (χ4n) is 4.32. The molecule has 1 aromatic heterocycles. The van der Waals surface area contributed by atoms with Crippen molar-refractivity contribution in [3.63, 3.8) is 0 Å². The Morgan fingerprint density at radius 2 is 1.93 bits per heavy atom. The molecule has 2 aliphatic rings. The fraction of sp³-hybridized carbons (Fsp3) is 0.536. The third-order valence-corrected chi connectivity index (χ3v) is 6.67. The van der Waals surface area contributed by atoms with Gasteiger partial charge < -0.3 is 34.6 Å². The number of oxazole rings is 1. The first kappa shape index (κ1) is 31.0. The Kier molecular flexibility index (Phi) is 9.24. The number of carbonyl (C=O) groups excluding carboxylic acids is 3. The number of primary amides is 1. The second kappa shape index (κ2) is 12.5. The molecule has 1 aromatic carbocycles. The van der Waals surface area contributed by atoms with Crippen molar-refractivity contribution in [2.45, 2.75) is 64.8 Å². The van der Waals surface area contributed by atoms with E-state index < -0.39 is 42.2 Å². The Morgan fingerprint density at radius 3 is 2.55 bits per heavy atom. The second-order valence-electron chi connectivity index (χ2n) is 11.4. The van der Waals surface area contributed by atoms with E-state index in [1.165, 1.54) is 28.0 Å². The number of benzene rings is 1. The number of hydrogen-bond acceptors (Lipinski definition) is 9. The molecule has 1 radical (unpaired) electrons. The van der Waals surface area contributed by atoms with Crippen LogP contribution in [-0.4, -0.2) is 77.2 Å². The summed E-state index contributed by atoms with van der Waals surface area (Å²) in [5, 5.41) is 2.65. The number of halogens is 2. The van der Waals surface area contributed by atoms with Crippen LogP contribution in [0.15, 0.2) is 22.6 Å². The minimum absolute atomic E-state index is 0.0201. The maximum absolute atomic E-state index is 13.7. The van der Waals surface area contributed by atoms with Crippen molar-refractivity contribution in [1.29, 1.82) is 0 Å². The van der Waals surface area contributed by atoms with Crippen molar-refractivity contribution < 1.29 is 41.8 Å². The second-order valence-corrected chi connectivity index (χ2v) is 11.4. The molecule has 2 fully saturated rings. The van der Waals surface area contributed by atoms with E-state index in [9.17, 15) is 23.2 Å². The van der Waals surface area contributed by atoms with E-state index in [2.05, 4.69) is 22.1 Å². The maximum Gasteiger partial charge on any atom is 0.408 e. The van der Waals surface area contributed by atoms with Gasteiger partial charge in [0.1, 0.15) is 11.6 Å². The summed E-state index contributed by atoms with van der Waals surface area (Å²) in [5.74, 6) is -0.916. The summed E-state index contributed by atoms with van der Waals surface area (Å²) in [4.78, 5) is 45.5. The standard InChI is InChI=1S/C28H36F2N5O7/c1-15(32-27(38)42-28(2,3)4)22-21(25(37)35-11-10-34(5)18(13-35)23(31)36)33-24(41-22)17-8-9-19(40-26(29)30)20(12-17)39-14-16-6-7-16/h8-9,12,15-16,18,26H,5-7,10-11,13-14H2,1-4H3,(H2,31,36)(H,32,38)/t15-,18?/m0/s1. The summed E-state index contributed by atoms with van der Waals surface area (Å²) < 4.78 is 47.8. The lowest BCUT2D eigenvalue weighted by atomic mass is 10.1. The molecule has 1 aliphatic heterocycles. The minimum Gasteiger partial charge on any atom is -0.489 e. The molecular formula is C28H36F2N5O7. The van der Waals surface area contributed by atoms with Crippen LogP contribution in [0.3, 0.4) is 0 Å².